The zero-order valence-electron chi connectivity index (χ0n) is 11.4. The minimum atomic E-state index is 0.456. The molecule has 5 heteroatoms. The molecule has 3 rings (SSSR count). The van der Waals surface area contributed by atoms with Gasteiger partial charge in [-0.1, -0.05) is 12.1 Å². The van der Waals surface area contributed by atoms with Crippen molar-refractivity contribution in [3.63, 3.8) is 0 Å². The van der Waals surface area contributed by atoms with Gasteiger partial charge in [-0.25, -0.2) is 0 Å². The molecule has 0 aliphatic heterocycles. The molecule has 2 heterocycles. The normalized spacial score (nSPS) is 10.9. The van der Waals surface area contributed by atoms with E-state index in [1.165, 1.54) is 0 Å². The van der Waals surface area contributed by atoms with E-state index < -0.39 is 0 Å². The summed E-state index contributed by atoms with van der Waals surface area (Å²) in [7, 11) is 1.64. The summed E-state index contributed by atoms with van der Waals surface area (Å²) in [6.07, 6.45) is 7.06. The second-order valence-corrected chi connectivity index (χ2v) is 4.29. The molecule has 0 N–H and O–H groups in total. The van der Waals surface area contributed by atoms with Crippen LogP contribution in [-0.4, -0.2) is 22.3 Å². The van der Waals surface area contributed by atoms with Crippen molar-refractivity contribution in [3.8, 4) is 17.2 Å². The van der Waals surface area contributed by atoms with Crippen molar-refractivity contribution in [2.24, 2.45) is 0 Å². The SMILES string of the molecule is COc1ccc(C=Cc2nnc(-c3ccncc3)o2)cc1. The maximum atomic E-state index is 5.57. The zero-order chi connectivity index (χ0) is 14.5. The van der Waals surface area contributed by atoms with Crippen molar-refractivity contribution in [2.75, 3.05) is 7.11 Å². The molecule has 0 bridgehead atoms. The third kappa shape index (κ3) is 3.14. The average molecular weight is 279 g/mol. The number of hydrogen-bond acceptors (Lipinski definition) is 5. The fraction of sp³-hybridized carbons (Fsp3) is 0.0625. The minimum Gasteiger partial charge on any atom is -0.497 e. The van der Waals surface area contributed by atoms with E-state index in [4.69, 9.17) is 9.15 Å². The molecule has 0 radical (unpaired) electrons. The number of nitrogens with zero attached hydrogens (tertiary/aromatic N) is 3. The van der Waals surface area contributed by atoms with Crippen LogP contribution in [0.2, 0.25) is 0 Å². The van der Waals surface area contributed by atoms with Gasteiger partial charge in [-0.3, -0.25) is 4.98 Å². The number of aromatic nitrogens is 3. The van der Waals surface area contributed by atoms with Gasteiger partial charge in [0.15, 0.2) is 0 Å². The van der Waals surface area contributed by atoms with Gasteiger partial charge in [-0.15, -0.1) is 10.2 Å². The third-order valence-corrected chi connectivity index (χ3v) is 2.90. The Balaban J connectivity index is 1.76. The van der Waals surface area contributed by atoms with Crippen LogP contribution in [0, 0.1) is 0 Å². The number of hydrogen-bond donors (Lipinski definition) is 0. The van der Waals surface area contributed by atoms with Crippen molar-refractivity contribution >= 4 is 12.2 Å². The second-order valence-electron chi connectivity index (χ2n) is 4.29. The molecule has 5 nitrogen and oxygen atoms in total. The monoisotopic (exact) mass is 279 g/mol. The standard InChI is InChI=1S/C16H13N3O2/c1-20-14-5-2-12(3-6-14)4-7-15-18-19-16(21-15)13-8-10-17-11-9-13/h2-11H,1H3. The largest absolute Gasteiger partial charge is 0.497 e. The summed E-state index contributed by atoms with van der Waals surface area (Å²) in [5, 5.41) is 8.00. The molecule has 0 aliphatic carbocycles. The van der Waals surface area contributed by atoms with Gasteiger partial charge in [0.05, 0.1) is 7.11 Å². The summed E-state index contributed by atoms with van der Waals surface area (Å²) in [6, 6.07) is 11.4. The molecule has 0 unspecified atom stereocenters. The molecule has 0 saturated carbocycles. The van der Waals surface area contributed by atoms with Gasteiger partial charge < -0.3 is 9.15 Å². The smallest absolute Gasteiger partial charge is 0.248 e. The lowest BCUT2D eigenvalue weighted by molar-refractivity contribution is 0.415. The van der Waals surface area contributed by atoms with Crippen LogP contribution in [0.25, 0.3) is 23.6 Å². The Hall–Kier alpha value is -2.95. The Morgan fingerprint density at radius 1 is 0.952 bits per heavy atom. The third-order valence-electron chi connectivity index (χ3n) is 2.90. The molecule has 0 saturated heterocycles. The Bertz CT molecular complexity index is 734. The van der Waals surface area contributed by atoms with Gasteiger partial charge in [0.2, 0.25) is 11.8 Å². The highest BCUT2D eigenvalue weighted by Crippen LogP contribution is 2.18. The fourth-order valence-electron chi connectivity index (χ4n) is 1.80. The molecule has 2 aromatic heterocycles. The van der Waals surface area contributed by atoms with Crippen LogP contribution in [0.15, 0.2) is 53.2 Å². The minimum absolute atomic E-state index is 0.456. The van der Waals surface area contributed by atoms with Gasteiger partial charge in [-0.2, -0.15) is 0 Å². The van der Waals surface area contributed by atoms with Crippen LogP contribution in [0.3, 0.4) is 0 Å². The first-order chi connectivity index (χ1) is 10.3. The van der Waals surface area contributed by atoms with Crippen LogP contribution < -0.4 is 4.74 Å². The van der Waals surface area contributed by atoms with E-state index in [2.05, 4.69) is 15.2 Å². The Labute approximate surface area is 121 Å². The maximum Gasteiger partial charge on any atom is 0.248 e. The molecule has 1 aromatic carbocycles. The molecule has 104 valence electrons. The van der Waals surface area contributed by atoms with E-state index in [9.17, 15) is 0 Å². The second kappa shape index (κ2) is 6.00. The van der Waals surface area contributed by atoms with Crippen LogP contribution in [-0.2, 0) is 0 Å². The number of methoxy groups -OCH3 is 1. The van der Waals surface area contributed by atoms with Crippen LogP contribution in [0.5, 0.6) is 5.75 Å². The lowest BCUT2D eigenvalue weighted by atomic mass is 10.2. The molecular weight excluding hydrogens is 266 g/mol. The lowest BCUT2D eigenvalue weighted by Crippen LogP contribution is -1.81. The van der Waals surface area contributed by atoms with Crippen molar-refractivity contribution < 1.29 is 9.15 Å². The predicted molar refractivity (Wildman–Crippen MR) is 79.5 cm³/mol. The first-order valence-corrected chi connectivity index (χ1v) is 6.41. The van der Waals surface area contributed by atoms with Gasteiger partial charge >= 0.3 is 0 Å². The first-order valence-electron chi connectivity index (χ1n) is 6.41. The lowest BCUT2D eigenvalue weighted by Gasteiger charge is -1.98. The highest BCUT2D eigenvalue weighted by Gasteiger charge is 2.05. The molecule has 0 spiro atoms. The van der Waals surface area contributed by atoms with Crippen molar-refractivity contribution in [1.82, 2.24) is 15.2 Å². The Kier molecular flexibility index (Phi) is 3.73. The summed E-state index contributed by atoms with van der Waals surface area (Å²) in [5.41, 5.74) is 1.88. The molecule has 0 atom stereocenters. The number of ether oxygens (including phenoxy) is 1. The van der Waals surface area contributed by atoms with Crippen molar-refractivity contribution in [3.05, 3.63) is 60.2 Å². The topological polar surface area (TPSA) is 61.0 Å². The van der Waals surface area contributed by atoms with E-state index in [0.717, 1.165) is 16.9 Å². The summed E-state index contributed by atoms with van der Waals surface area (Å²) in [6.45, 7) is 0. The summed E-state index contributed by atoms with van der Waals surface area (Å²) >= 11 is 0. The summed E-state index contributed by atoms with van der Waals surface area (Å²) < 4.78 is 10.7. The van der Waals surface area contributed by atoms with E-state index in [0.29, 0.717) is 11.8 Å². The maximum absolute atomic E-state index is 5.57. The van der Waals surface area contributed by atoms with Crippen LogP contribution >= 0.6 is 0 Å². The molecular formula is C16H13N3O2. The quantitative estimate of drug-likeness (QED) is 0.733. The Morgan fingerprint density at radius 3 is 2.43 bits per heavy atom. The molecule has 21 heavy (non-hydrogen) atoms. The summed E-state index contributed by atoms with van der Waals surface area (Å²) in [4.78, 5) is 3.95. The fourth-order valence-corrected chi connectivity index (χ4v) is 1.80. The number of benzene rings is 1. The van der Waals surface area contributed by atoms with Crippen molar-refractivity contribution in [2.45, 2.75) is 0 Å². The van der Waals surface area contributed by atoms with Gasteiger partial charge in [0.1, 0.15) is 5.75 Å². The predicted octanol–water partition coefficient (Wildman–Crippen LogP) is 3.31. The number of rotatable bonds is 4. The van der Waals surface area contributed by atoms with E-state index >= 15 is 0 Å². The molecule has 0 amide bonds. The zero-order valence-corrected chi connectivity index (χ0v) is 11.4. The molecule has 3 aromatic rings. The first kappa shape index (κ1) is 13.1. The van der Waals surface area contributed by atoms with Crippen LogP contribution in [0.4, 0.5) is 0 Å². The van der Waals surface area contributed by atoms with Gasteiger partial charge in [0, 0.05) is 24.0 Å². The van der Waals surface area contributed by atoms with E-state index in [1.807, 2.05) is 42.5 Å². The van der Waals surface area contributed by atoms with Crippen molar-refractivity contribution in [1.29, 1.82) is 0 Å². The number of pyridine rings is 1. The highest BCUT2D eigenvalue weighted by molar-refractivity contribution is 5.66. The van der Waals surface area contributed by atoms with E-state index in [-0.39, 0.29) is 0 Å². The Morgan fingerprint density at radius 2 is 1.71 bits per heavy atom. The average Bonchev–Trinajstić information content (AvgIpc) is 3.03. The van der Waals surface area contributed by atoms with Gasteiger partial charge in [0.25, 0.3) is 0 Å². The van der Waals surface area contributed by atoms with E-state index in [1.54, 1.807) is 25.6 Å². The highest BCUT2D eigenvalue weighted by atomic mass is 16.5. The van der Waals surface area contributed by atoms with Gasteiger partial charge in [-0.05, 0) is 35.9 Å². The van der Waals surface area contributed by atoms with Crippen LogP contribution in [0.1, 0.15) is 11.5 Å². The summed E-state index contributed by atoms with van der Waals surface area (Å²) in [5.74, 6) is 1.76. The molecule has 0 aliphatic rings. The molecule has 0 fully saturated rings.